The number of hydrogen-bond acceptors (Lipinski definition) is 2. The SMILES string of the molecule is CCNC1CCCCCC1Cc1ccc(CC)s1. The van der Waals surface area contributed by atoms with Gasteiger partial charge in [0.05, 0.1) is 0 Å². The summed E-state index contributed by atoms with van der Waals surface area (Å²) in [7, 11) is 0. The van der Waals surface area contributed by atoms with Crippen molar-refractivity contribution in [1.29, 1.82) is 0 Å². The molecule has 2 unspecified atom stereocenters. The third-order valence-corrected chi connectivity index (χ3v) is 5.41. The minimum absolute atomic E-state index is 0.754. The van der Waals surface area contributed by atoms with Gasteiger partial charge in [0, 0.05) is 15.8 Å². The molecule has 0 bridgehead atoms. The van der Waals surface area contributed by atoms with Gasteiger partial charge in [-0.2, -0.15) is 0 Å². The lowest BCUT2D eigenvalue weighted by atomic mass is 9.91. The van der Waals surface area contributed by atoms with Crippen LogP contribution in [0.15, 0.2) is 12.1 Å². The molecular weight excluding hydrogens is 238 g/mol. The first-order chi connectivity index (χ1) is 8.83. The van der Waals surface area contributed by atoms with Crippen molar-refractivity contribution in [3.63, 3.8) is 0 Å². The maximum Gasteiger partial charge on any atom is 0.00986 e. The summed E-state index contributed by atoms with van der Waals surface area (Å²) in [6, 6.07) is 5.43. The Morgan fingerprint density at radius 1 is 1.11 bits per heavy atom. The summed E-state index contributed by atoms with van der Waals surface area (Å²) in [5.41, 5.74) is 0. The fourth-order valence-corrected chi connectivity index (χ4v) is 4.19. The molecule has 18 heavy (non-hydrogen) atoms. The number of aryl methyl sites for hydroxylation is 1. The van der Waals surface area contributed by atoms with E-state index in [1.54, 1.807) is 9.75 Å². The normalized spacial score (nSPS) is 25.0. The Kier molecular flexibility index (Phi) is 5.71. The second-order valence-electron chi connectivity index (χ2n) is 5.49. The van der Waals surface area contributed by atoms with Gasteiger partial charge in [0.15, 0.2) is 0 Å². The molecule has 1 nitrogen and oxygen atoms in total. The van der Waals surface area contributed by atoms with Crippen molar-refractivity contribution in [2.75, 3.05) is 6.54 Å². The molecule has 0 spiro atoms. The minimum atomic E-state index is 0.754. The molecule has 2 heteroatoms. The third kappa shape index (κ3) is 3.83. The third-order valence-electron chi connectivity index (χ3n) is 4.15. The Morgan fingerprint density at radius 2 is 1.89 bits per heavy atom. The first-order valence-electron chi connectivity index (χ1n) is 7.64. The lowest BCUT2D eigenvalue weighted by Gasteiger charge is -2.25. The van der Waals surface area contributed by atoms with Crippen molar-refractivity contribution in [1.82, 2.24) is 5.32 Å². The largest absolute Gasteiger partial charge is 0.314 e. The van der Waals surface area contributed by atoms with E-state index in [4.69, 9.17) is 0 Å². The average molecular weight is 265 g/mol. The van der Waals surface area contributed by atoms with Crippen LogP contribution in [0.2, 0.25) is 0 Å². The highest BCUT2D eigenvalue weighted by Gasteiger charge is 2.23. The molecule has 102 valence electrons. The molecule has 0 radical (unpaired) electrons. The fourth-order valence-electron chi connectivity index (χ4n) is 3.14. The molecule has 2 rings (SSSR count). The van der Waals surface area contributed by atoms with E-state index >= 15 is 0 Å². The molecule has 0 saturated heterocycles. The predicted octanol–water partition coefficient (Wildman–Crippen LogP) is 4.41. The second kappa shape index (κ2) is 7.30. The van der Waals surface area contributed by atoms with Crippen LogP contribution in [-0.4, -0.2) is 12.6 Å². The van der Waals surface area contributed by atoms with Crippen molar-refractivity contribution >= 4 is 11.3 Å². The van der Waals surface area contributed by atoms with Gasteiger partial charge in [-0.15, -0.1) is 11.3 Å². The van der Waals surface area contributed by atoms with E-state index < -0.39 is 0 Å². The number of rotatable bonds is 5. The summed E-state index contributed by atoms with van der Waals surface area (Å²) < 4.78 is 0. The number of nitrogens with one attached hydrogen (secondary N) is 1. The molecule has 0 aliphatic heterocycles. The summed E-state index contributed by atoms with van der Waals surface area (Å²) in [5, 5.41) is 3.72. The van der Waals surface area contributed by atoms with Crippen LogP contribution in [0.5, 0.6) is 0 Å². The van der Waals surface area contributed by atoms with E-state index in [1.165, 1.54) is 44.9 Å². The van der Waals surface area contributed by atoms with Crippen LogP contribution in [-0.2, 0) is 12.8 Å². The zero-order valence-corrected chi connectivity index (χ0v) is 12.7. The second-order valence-corrected chi connectivity index (χ2v) is 6.74. The molecule has 1 N–H and O–H groups in total. The molecule has 1 aliphatic carbocycles. The monoisotopic (exact) mass is 265 g/mol. The first kappa shape index (κ1) is 14.1. The Balaban J connectivity index is 1.98. The Morgan fingerprint density at radius 3 is 2.61 bits per heavy atom. The molecule has 0 amide bonds. The van der Waals surface area contributed by atoms with Crippen LogP contribution in [0.4, 0.5) is 0 Å². The fraction of sp³-hybridized carbons (Fsp3) is 0.750. The average Bonchev–Trinajstić information content (AvgIpc) is 2.72. The molecule has 2 atom stereocenters. The van der Waals surface area contributed by atoms with Gasteiger partial charge in [-0.05, 0) is 50.3 Å². The van der Waals surface area contributed by atoms with Gasteiger partial charge in [0.2, 0.25) is 0 Å². The van der Waals surface area contributed by atoms with Crippen molar-refractivity contribution < 1.29 is 0 Å². The molecule has 1 heterocycles. The van der Waals surface area contributed by atoms with E-state index in [-0.39, 0.29) is 0 Å². The van der Waals surface area contributed by atoms with Crippen molar-refractivity contribution in [3.8, 4) is 0 Å². The lowest BCUT2D eigenvalue weighted by Crippen LogP contribution is -2.36. The van der Waals surface area contributed by atoms with E-state index in [1.807, 2.05) is 11.3 Å². The Labute approximate surface area is 116 Å². The molecular formula is C16H27NS. The maximum absolute atomic E-state index is 3.72. The van der Waals surface area contributed by atoms with Crippen molar-refractivity contribution in [2.45, 2.75) is 64.8 Å². The van der Waals surface area contributed by atoms with Crippen LogP contribution >= 0.6 is 11.3 Å². The van der Waals surface area contributed by atoms with Gasteiger partial charge in [0.25, 0.3) is 0 Å². The van der Waals surface area contributed by atoms with E-state index in [0.29, 0.717) is 0 Å². The molecule has 1 aliphatic rings. The highest BCUT2D eigenvalue weighted by atomic mass is 32.1. The molecule has 0 aromatic carbocycles. The van der Waals surface area contributed by atoms with Gasteiger partial charge < -0.3 is 5.32 Å². The van der Waals surface area contributed by atoms with Crippen LogP contribution in [0.3, 0.4) is 0 Å². The van der Waals surface area contributed by atoms with Crippen LogP contribution in [0, 0.1) is 5.92 Å². The predicted molar refractivity (Wildman–Crippen MR) is 81.4 cm³/mol. The highest BCUT2D eigenvalue weighted by Crippen LogP contribution is 2.29. The molecule has 1 fully saturated rings. The number of thiophene rings is 1. The summed E-state index contributed by atoms with van der Waals surface area (Å²) in [6.07, 6.45) is 9.55. The van der Waals surface area contributed by atoms with Gasteiger partial charge in [0.1, 0.15) is 0 Å². The van der Waals surface area contributed by atoms with Crippen LogP contribution in [0.1, 0.15) is 55.7 Å². The van der Waals surface area contributed by atoms with Crippen molar-refractivity contribution in [2.24, 2.45) is 5.92 Å². The summed E-state index contributed by atoms with van der Waals surface area (Å²) in [5.74, 6) is 0.857. The van der Waals surface area contributed by atoms with Crippen molar-refractivity contribution in [3.05, 3.63) is 21.9 Å². The quantitative estimate of drug-likeness (QED) is 0.778. The number of hydrogen-bond donors (Lipinski definition) is 1. The van der Waals surface area contributed by atoms with Gasteiger partial charge in [-0.3, -0.25) is 0 Å². The lowest BCUT2D eigenvalue weighted by molar-refractivity contribution is 0.339. The van der Waals surface area contributed by atoms with Crippen LogP contribution in [0.25, 0.3) is 0 Å². The summed E-state index contributed by atoms with van der Waals surface area (Å²) >= 11 is 2.03. The Hall–Kier alpha value is -0.340. The van der Waals surface area contributed by atoms with E-state index in [9.17, 15) is 0 Å². The summed E-state index contributed by atoms with van der Waals surface area (Å²) in [6.45, 7) is 5.61. The van der Waals surface area contributed by atoms with Gasteiger partial charge >= 0.3 is 0 Å². The molecule has 1 aromatic rings. The summed E-state index contributed by atoms with van der Waals surface area (Å²) in [4.78, 5) is 3.14. The van der Waals surface area contributed by atoms with Gasteiger partial charge in [-0.1, -0.05) is 33.1 Å². The first-order valence-corrected chi connectivity index (χ1v) is 8.46. The van der Waals surface area contributed by atoms with E-state index in [2.05, 4.69) is 31.3 Å². The standard InChI is InChI=1S/C16H27NS/c1-3-14-10-11-15(18-14)12-13-8-6-5-7-9-16(13)17-4-2/h10-11,13,16-17H,3-9,12H2,1-2H3. The zero-order valence-electron chi connectivity index (χ0n) is 11.9. The smallest absolute Gasteiger partial charge is 0.00986 e. The highest BCUT2D eigenvalue weighted by molar-refractivity contribution is 7.11. The van der Waals surface area contributed by atoms with Crippen LogP contribution < -0.4 is 5.32 Å². The topological polar surface area (TPSA) is 12.0 Å². The van der Waals surface area contributed by atoms with Gasteiger partial charge in [-0.25, -0.2) is 0 Å². The zero-order chi connectivity index (χ0) is 12.8. The minimum Gasteiger partial charge on any atom is -0.314 e. The van der Waals surface area contributed by atoms with E-state index in [0.717, 1.165) is 18.5 Å². The Bertz CT molecular complexity index is 345. The molecule has 1 aromatic heterocycles. The maximum atomic E-state index is 3.72. The molecule has 1 saturated carbocycles.